The quantitative estimate of drug-likeness (QED) is 0.0750. The third kappa shape index (κ3) is 19.4. The van der Waals surface area contributed by atoms with Gasteiger partial charge in [0.1, 0.15) is 0 Å². The molecule has 0 fully saturated rings. The van der Waals surface area contributed by atoms with Gasteiger partial charge in [-0.25, -0.2) is 7.05 Å². The Morgan fingerprint density at radius 2 is 1.15 bits per heavy atom. The number of amides is 1. The third-order valence-electron chi connectivity index (χ3n) is 7.09. The topological polar surface area (TPSA) is 114 Å². The van der Waals surface area contributed by atoms with Crippen molar-refractivity contribution in [2.75, 3.05) is 5.09 Å². The van der Waals surface area contributed by atoms with E-state index in [1.807, 2.05) is 127 Å². The molecule has 0 aliphatic heterocycles. The molecule has 1 heterocycles. The van der Waals surface area contributed by atoms with Crippen LogP contribution < -0.4 is 26.6 Å². The Bertz CT molecular complexity index is 1640. The maximum atomic E-state index is 11.7. The second-order valence-electron chi connectivity index (χ2n) is 13.4. The van der Waals surface area contributed by atoms with Crippen LogP contribution in [-0.2, 0) is 36.2 Å². The molecular formula is C43H59N5NiO2P-. The van der Waals surface area contributed by atoms with Crippen molar-refractivity contribution < 1.29 is 26.4 Å². The fraction of sp³-hybridized carbons (Fsp3) is 0.279. The van der Waals surface area contributed by atoms with Gasteiger partial charge < -0.3 is 31.2 Å². The van der Waals surface area contributed by atoms with Crippen molar-refractivity contribution in [3.8, 4) is 0 Å². The van der Waals surface area contributed by atoms with Crippen molar-refractivity contribution in [3.05, 3.63) is 174 Å². The summed E-state index contributed by atoms with van der Waals surface area (Å²) in [5, 5.41) is 15.6. The number of pyridine rings is 1. The largest absolute Gasteiger partial charge is 0.565 e. The zero-order valence-electron chi connectivity index (χ0n) is 30.8. The molecule has 5 rings (SSSR count). The number of aromatic nitrogens is 1. The number of nitrogens with two attached hydrogens (primary N) is 1. The predicted octanol–water partition coefficient (Wildman–Crippen LogP) is 9.05. The van der Waals surface area contributed by atoms with E-state index < -0.39 is 8.07 Å². The number of hydrogen-bond donors (Lipinski definition) is 4. The van der Waals surface area contributed by atoms with Crippen LogP contribution in [0.3, 0.4) is 0 Å². The molecule has 4 aromatic carbocycles. The van der Waals surface area contributed by atoms with Crippen molar-refractivity contribution in [2.24, 2.45) is 10.7 Å². The van der Waals surface area contributed by atoms with E-state index in [1.165, 1.54) is 5.56 Å². The van der Waals surface area contributed by atoms with E-state index in [0.29, 0.717) is 24.1 Å². The number of carbonyl (C=O) groups excluding carboxylic acids is 1. The summed E-state index contributed by atoms with van der Waals surface area (Å²) in [5.74, 6) is 0.864. The van der Waals surface area contributed by atoms with Crippen LogP contribution in [0.25, 0.3) is 0 Å². The summed E-state index contributed by atoms with van der Waals surface area (Å²) in [7, 11) is 2.69. The van der Waals surface area contributed by atoms with Crippen LogP contribution in [0, 0.1) is 7.05 Å². The molecule has 284 valence electrons. The van der Waals surface area contributed by atoms with Gasteiger partial charge >= 0.3 is 0 Å². The molecule has 0 radical (unpaired) electrons. The molecule has 9 heteroatoms. The maximum Gasteiger partial charge on any atom is 0.251 e. The Morgan fingerprint density at radius 1 is 0.712 bits per heavy atom. The van der Waals surface area contributed by atoms with Gasteiger partial charge in [-0.15, -0.1) is 11.6 Å². The molecule has 0 aliphatic carbocycles. The van der Waals surface area contributed by atoms with Gasteiger partial charge in [-0.3, -0.25) is 4.79 Å². The van der Waals surface area contributed by atoms with Crippen LogP contribution in [-0.4, -0.2) is 21.3 Å². The first-order valence-corrected chi connectivity index (χ1v) is 18.2. The number of hydrogen-bond acceptors (Lipinski definition) is 5. The molecule has 0 atom stereocenters. The molecule has 5 aromatic rings. The normalized spacial score (nSPS) is 10.7. The number of carbonyl (C=O) groups is 1. The Balaban J connectivity index is 0.000000696. The minimum absolute atomic E-state index is 0. The maximum absolute atomic E-state index is 11.7. The number of rotatable bonds is 7. The van der Waals surface area contributed by atoms with Crippen molar-refractivity contribution in [1.29, 1.82) is 0 Å². The average molecular weight is 768 g/mol. The van der Waals surface area contributed by atoms with Crippen LogP contribution >= 0.6 is 8.07 Å². The third-order valence-corrected chi connectivity index (χ3v) is 10.6. The van der Waals surface area contributed by atoms with Crippen LogP contribution in [0.4, 0.5) is 5.82 Å². The van der Waals surface area contributed by atoms with Crippen LogP contribution in [0.5, 0.6) is 0 Å². The monoisotopic (exact) mass is 766 g/mol. The second kappa shape index (κ2) is 25.7. The first-order valence-electron chi connectivity index (χ1n) is 16.7. The summed E-state index contributed by atoms with van der Waals surface area (Å²) < 4.78 is 0. The molecule has 0 saturated carbocycles. The van der Waals surface area contributed by atoms with Gasteiger partial charge in [0, 0.05) is 41.0 Å². The molecule has 52 heavy (non-hydrogen) atoms. The number of nitrogens with zero attached hydrogens (tertiary/aromatic N) is 2. The van der Waals surface area contributed by atoms with Gasteiger partial charge in [0.2, 0.25) is 0 Å². The van der Waals surface area contributed by atoms with Crippen LogP contribution in [0.2, 0.25) is 0 Å². The first-order chi connectivity index (χ1) is 23.9. The summed E-state index contributed by atoms with van der Waals surface area (Å²) in [6.07, 6.45) is 0. The van der Waals surface area contributed by atoms with E-state index in [4.69, 9.17) is 10.8 Å². The molecule has 1 aromatic heterocycles. The molecular weight excluding hydrogens is 708 g/mol. The van der Waals surface area contributed by atoms with Crippen LogP contribution in [0.15, 0.2) is 145 Å². The Morgan fingerprint density at radius 3 is 1.54 bits per heavy atom. The molecule has 1 amide bonds. The molecule has 0 bridgehead atoms. The smallest absolute Gasteiger partial charge is 0.251 e. The first kappa shape index (κ1) is 47.8. The Labute approximate surface area is 324 Å². The summed E-state index contributed by atoms with van der Waals surface area (Å²) in [5.41, 5.74) is 9.97. The fourth-order valence-corrected chi connectivity index (χ4v) is 8.27. The second-order valence-corrected chi connectivity index (χ2v) is 17.4. The zero-order valence-corrected chi connectivity index (χ0v) is 32.7. The van der Waals surface area contributed by atoms with Gasteiger partial charge in [0.25, 0.3) is 5.91 Å². The van der Waals surface area contributed by atoms with E-state index in [1.54, 1.807) is 12.1 Å². The fourth-order valence-electron chi connectivity index (χ4n) is 4.88. The number of anilines is 1. The molecule has 5 N–H and O–H groups in total. The van der Waals surface area contributed by atoms with Gasteiger partial charge in [0.05, 0.1) is 25.0 Å². The molecule has 0 saturated heterocycles. The number of aliphatic hydroxyl groups is 1. The minimum atomic E-state index is -0.827. The molecule has 7 nitrogen and oxygen atoms in total. The SMILES string of the molecule is C.NCc1ccccc1.O=C(NCc1ccccc1)c1ccccc1.OCc1ccccc1.[CH2-]N=c1cccc(N[PH+](C(C)(C)C)C(C)(C)C)[n-]1.[Ni]. The van der Waals surface area contributed by atoms with E-state index >= 15 is 0 Å². The van der Waals surface area contributed by atoms with Gasteiger partial charge in [-0.1, -0.05) is 129 Å². The number of nitrogens with one attached hydrogen (secondary N) is 2. The minimum Gasteiger partial charge on any atom is -0.565 e. The van der Waals surface area contributed by atoms with E-state index in [2.05, 4.69) is 69.0 Å². The van der Waals surface area contributed by atoms with Crippen molar-refractivity contribution in [2.45, 2.75) is 79.0 Å². The summed E-state index contributed by atoms with van der Waals surface area (Å²) >= 11 is 0. The van der Waals surface area contributed by atoms with E-state index in [9.17, 15) is 4.79 Å². The van der Waals surface area contributed by atoms with Crippen molar-refractivity contribution in [3.63, 3.8) is 0 Å². The summed E-state index contributed by atoms with van der Waals surface area (Å²) in [6, 6.07) is 44.4. The van der Waals surface area contributed by atoms with E-state index in [-0.39, 0.29) is 46.7 Å². The molecule has 0 unspecified atom stereocenters. The predicted molar refractivity (Wildman–Crippen MR) is 220 cm³/mol. The average Bonchev–Trinajstić information content (AvgIpc) is 3.14. The van der Waals surface area contributed by atoms with E-state index in [0.717, 1.165) is 16.9 Å². The van der Waals surface area contributed by atoms with Crippen molar-refractivity contribution in [1.82, 2.24) is 10.3 Å². The molecule has 0 aliphatic rings. The number of aliphatic hydroxyl groups excluding tert-OH is 1. The van der Waals surface area contributed by atoms with Gasteiger partial charge in [-0.2, -0.15) is 0 Å². The zero-order chi connectivity index (χ0) is 36.8. The summed E-state index contributed by atoms with van der Waals surface area (Å²) in [4.78, 5) is 20.0. The number of benzene rings is 4. The van der Waals surface area contributed by atoms with Gasteiger partial charge in [0.15, 0.2) is 0 Å². The van der Waals surface area contributed by atoms with Crippen molar-refractivity contribution >= 4 is 19.8 Å². The summed E-state index contributed by atoms with van der Waals surface area (Å²) in [6.45, 7) is 15.1. The van der Waals surface area contributed by atoms with Crippen LogP contribution in [0.1, 0.15) is 76.0 Å². The Kier molecular flexibility index (Phi) is 23.6. The van der Waals surface area contributed by atoms with Gasteiger partial charge in [-0.05, 0) is 70.4 Å². The Hall–Kier alpha value is -4.19. The molecule has 0 spiro atoms. The standard InChI is InChI=1S/C14H24N3P.C14H13NO.C7H9N.C7H8O.CH4.Ni/c1-13(2,3)18(14(4,5)6)17-12-10-8-9-11(15-7)16-12;16-14(13-9-5-2-6-10-13)15-11-12-7-3-1-4-8-12;2*8-6-7-4-2-1-3-5-7;;/h8-10H,7H2,1-6H3,(H-,15,16,17);1-10H,11H2,(H,15,16);1-5H,6,8H2;1-5,8H,6H2;1H4;/q-2;;;;;/p+1.